The number of unbranched alkanes of at least 4 members (excludes halogenated alkanes) is 1. The van der Waals surface area contributed by atoms with Gasteiger partial charge in [0.25, 0.3) is 0 Å². The maximum atomic E-state index is 13.1. The van der Waals surface area contributed by atoms with Gasteiger partial charge in [-0.3, -0.25) is 9.59 Å². The highest BCUT2D eigenvalue weighted by molar-refractivity contribution is 5.93. The second-order valence-electron chi connectivity index (χ2n) is 12.2. The van der Waals surface area contributed by atoms with E-state index in [2.05, 4.69) is 0 Å². The number of nitrogen functional groups attached to an aromatic ring is 2. The van der Waals surface area contributed by atoms with Crippen LogP contribution in [0.1, 0.15) is 78.4 Å². The Labute approximate surface area is 249 Å². The molecule has 0 aliphatic heterocycles. The number of nitrogens with zero attached hydrogens (tertiary/aromatic N) is 2. The molecule has 0 heterocycles. The number of anilines is 2. The second kappa shape index (κ2) is 15.2. The van der Waals surface area contributed by atoms with Crippen LogP contribution >= 0.6 is 0 Å². The van der Waals surface area contributed by atoms with E-state index in [-0.39, 0.29) is 37.7 Å². The largest absolute Gasteiger partial charge is 0.443 e. The molecular weight excluding hydrogens is 536 g/mol. The van der Waals surface area contributed by atoms with Gasteiger partial charge < -0.3 is 20.9 Å². The Morgan fingerprint density at radius 3 is 1.19 bits per heavy atom. The van der Waals surface area contributed by atoms with E-state index < -0.39 is 23.4 Å². The number of hydrogen-bond donors (Lipinski definition) is 2. The lowest BCUT2D eigenvalue weighted by Crippen LogP contribution is -2.42. The van der Waals surface area contributed by atoms with Crippen molar-refractivity contribution in [2.45, 2.75) is 91.3 Å². The van der Waals surface area contributed by atoms with Gasteiger partial charge in [0.15, 0.2) is 0 Å². The molecule has 2 rings (SSSR count). The minimum Gasteiger partial charge on any atom is -0.443 e. The lowest BCUT2D eigenvalue weighted by atomic mass is 10.1. The highest BCUT2D eigenvalue weighted by Gasteiger charge is 2.28. The van der Waals surface area contributed by atoms with Crippen LogP contribution in [0.3, 0.4) is 0 Å². The molecule has 0 aliphatic carbocycles. The molecule has 0 saturated carbocycles. The molecule has 42 heavy (non-hydrogen) atoms. The molecule has 0 saturated heterocycles. The van der Waals surface area contributed by atoms with Crippen LogP contribution in [0, 0.1) is 0 Å². The molecule has 0 spiro atoms. The molecular formula is C32H46N4O6. The minimum absolute atomic E-state index is 0.0478. The van der Waals surface area contributed by atoms with E-state index in [9.17, 15) is 19.2 Å². The van der Waals surface area contributed by atoms with Crippen molar-refractivity contribution in [2.24, 2.45) is 0 Å². The van der Waals surface area contributed by atoms with Gasteiger partial charge in [-0.2, -0.15) is 0 Å². The van der Waals surface area contributed by atoms with E-state index in [1.54, 1.807) is 65.8 Å². The van der Waals surface area contributed by atoms with Gasteiger partial charge in [-0.1, -0.05) is 24.3 Å². The Morgan fingerprint density at radius 1 is 0.595 bits per heavy atom. The Morgan fingerprint density at radius 2 is 0.905 bits per heavy atom. The first-order chi connectivity index (χ1) is 19.5. The van der Waals surface area contributed by atoms with Crippen molar-refractivity contribution in [2.75, 3.05) is 24.6 Å². The average Bonchev–Trinajstić information content (AvgIpc) is 2.87. The van der Waals surface area contributed by atoms with Gasteiger partial charge in [0.05, 0.1) is 0 Å². The van der Waals surface area contributed by atoms with Crippen LogP contribution in [0.4, 0.5) is 21.0 Å². The third kappa shape index (κ3) is 12.6. The van der Waals surface area contributed by atoms with E-state index in [4.69, 9.17) is 20.9 Å². The first kappa shape index (κ1) is 34.1. The summed E-state index contributed by atoms with van der Waals surface area (Å²) in [5, 5.41) is 0. The molecule has 0 aromatic heterocycles. The molecule has 0 aliphatic rings. The molecule has 0 fully saturated rings. The monoisotopic (exact) mass is 582 g/mol. The molecule has 0 radical (unpaired) electrons. The molecule has 4 N–H and O–H groups in total. The Kier molecular flexibility index (Phi) is 12.4. The zero-order valence-corrected chi connectivity index (χ0v) is 25.8. The van der Waals surface area contributed by atoms with E-state index in [0.717, 1.165) is 20.9 Å². The smallest absolute Gasteiger partial charge is 0.417 e. The minimum atomic E-state index is -0.763. The summed E-state index contributed by atoms with van der Waals surface area (Å²) in [5.41, 5.74) is 13.1. The summed E-state index contributed by atoms with van der Waals surface area (Å²) < 4.78 is 10.9. The third-order valence-electron chi connectivity index (χ3n) is 6.07. The number of imide groups is 2. The van der Waals surface area contributed by atoms with Crippen molar-refractivity contribution in [1.29, 1.82) is 0 Å². The maximum Gasteiger partial charge on any atom is 0.417 e. The average molecular weight is 583 g/mol. The van der Waals surface area contributed by atoms with Crippen LogP contribution in [0.15, 0.2) is 48.5 Å². The van der Waals surface area contributed by atoms with Crippen LogP contribution in [-0.2, 0) is 31.9 Å². The lowest BCUT2D eigenvalue weighted by Gasteiger charge is -2.27. The van der Waals surface area contributed by atoms with Crippen molar-refractivity contribution in [3.8, 4) is 0 Å². The molecule has 0 atom stereocenters. The summed E-state index contributed by atoms with van der Waals surface area (Å²) in [6, 6.07) is 14.5. The van der Waals surface area contributed by atoms with E-state index in [1.807, 2.05) is 24.3 Å². The van der Waals surface area contributed by atoms with Crippen LogP contribution in [0.2, 0.25) is 0 Å². The van der Waals surface area contributed by atoms with Crippen molar-refractivity contribution in [1.82, 2.24) is 9.80 Å². The topological polar surface area (TPSA) is 145 Å². The predicted molar refractivity (Wildman–Crippen MR) is 163 cm³/mol. The molecule has 10 heteroatoms. The summed E-state index contributed by atoms with van der Waals surface area (Å²) in [5.74, 6) is -0.779. The summed E-state index contributed by atoms with van der Waals surface area (Å²) in [6.07, 6.45) is 0.275. The molecule has 2 aromatic rings. The molecule has 230 valence electrons. The Hall–Kier alpha value is -4.08. The van der Waals surface area contributed by atoms with Crippen LogP contribution in [0.25, 0.3) is 0 Å². The summed E-state index contributed by atoms with van der Waals surface area (Å²) in [4.78, 5) is 54.1. The second-order valence-corrected chi connectivity index (χ2v) is 12.2. The number of nitrogens with two attached hydrogens (primary N) is 2. The third-order valence-corrected chi connectivity index (χ3v) is 6.07. The highest BCUT2D eigenvalue weighted by Crippen LogP contribution is 2.16. The summed E-state index contributed by atoms with van der Waals surface area (Å²) in [7, 11) is 0. The number of ether oxygens (including phenoxy) is 2. The number of hydrogen-bond acceptors (Lipinski definition) is 8. The van der Waals surface area contributed by atoms with Gasteiger partial charge in [-0.25, -0.2) is 19.4 Å². The Bertz CT molecular complexity index is 1100. The first-order valence-corrected chi connectivity index (χ1v) is 14.3. The van der Waals surface area contributed by atoms with Gasteiger partial charge >= 0.3 is 12.2 Å². The van der Waals surface area contributed by atoms with Crippen molar-refractivity contribution < 1.29 is 28.7 Å². The number of benzene rings is 2. The van der Waals surface area contributed by atoms with Gasteiger partial charge in [0.2, 0.25) is 11.8 Å². The van der Waals surface area contributed by atoms with Crippen molar-refractivity contribution in [3.63, 3.8) is 0 Å². The lowest BCUT2D eigenvalue weighted by molar-refractivity contribution is -0.132. The Balaban J connectivity index is 1.99. The quantitative estimate of drug-likeness (QED) is 0.253. The molecule has 0 unspecified atom stereocenters. The number of carbonyl (C=O) groups is 4. The fourth-order valence-corrected chi connectivity index (χ4v) is 3.94. The normalized spacial score (nSPS) is 11.5. The molecule has 10 nitrogen and oxygen atoms in total. The fraction of sp³-hybridized carbons (Fsp3) is 0.500. The van der Waals surface area contributed by atoms with Gasteiger partial charge in [0, 0.05) is 37.3 Å². The zero-order chi connectivity index (χ0) is 31.5. The van der Waals surface area contributed by atoms with Gasteiger partial charge in [-0.05, 0) is 103 Å². The SMILES string of the molecule is CC(C)(C)OC(=O)N(CCc1ccc(N)cc1)C(=O)CCCCC(=O)N(CCc1ccc(N)cc1)C(=O)OC(C)(C)C. The van der Waals surface area contributed by atoms with Crippen LogP contribution in [-0.4, -0.2) is 58.1 Å². The highest BCUT2D eigenvalue weighted by atomic mass is 16.6. The fourth-order valence-electron chi connectivity index (χ4n) is 3.94. The number of carbonyl (C=O) groups excluding carboxylic acids is 4. The van der Waals surface area contributed by atoms with E-state index in [0.29, 0.717) is 37.1 Å². The predicted octanol–water partition coefficient (Wildman–Crippen LogP) is 5.72. The summed E-state index contributed by atoms with van der Waals surface area (Å²) >= 11 is 0. The van der Waals surface area contributed by atoms with E-state index >= 15 is 0 Å². The van der Waals surface area contributed by atoms with Crippen LogP contribution in [0.5, 0.6) is 0 Å². The van der Waals surface area contributed by atoms with Gasteiger partial charge in [0.1, 0.15) is 11.2 Å². The van der Waals surface area contributed by atoms with Crippen molar-refractivity contribution >= 4 is 35.4 Å². The molecule has 2 aromatic carbocycles. The van der Waals surface area contributed by atoms with E-state index in [1.165, 1.54) is 0 Å². The molecule has 0 bridgehead atoms. The standard InChI is InChI=1S/C32H46N4O6/c1-31(2,3)41-29(39)35(21-19-23-11-15-25(33)16-12-23)27(37)9-7-8-10-28(38)36(30(40)42-32(4,5)6)22-20-24-13-17-26(34)18-14-24/h11-18H,7-10,19-22,33-34H2,1-6H3. The molecule has 4 amide bonds. The first-order valence-electron chi connectivity index (χ1n) is 14.3. The summed E-state index contributed by atoms with van der Waals surface area (Å²) in [6.45, 7) is 10.7. The number of rotatable bonds is 11. The van der Waals surface area contributed by atoms with Crippen molar-refractivity contribution in [3.05, 3.63) is 59.7 Å². The zero-order valence-electron chi connectivity index (χ0n) is 25.8. The number of amides is 4. The van der Waals surface area contributed by atoms with Gasteiger partial charge in [-0.15, -0.1) is 0 Å². The van der Waals surface area contributed by atoms with Crippen LogP contribution < -0.4 is 11.5 Å². The maximum absolute atomic E-state index is 13.1.